The quantitative estimate of drug-likeness (QED) is 0.785. The molecule has 0 radical (unpaired) electrons. The van der Waals surface area contributed by atoms with Gasteiger partial charge in [0.1, 0.15) is 0 Å². The minimum atomic E-state index is 0.346. The van der Waals surface area contributed by atoms with Gasteiger partial charge in [0.15, 0.2) is 0 Å². The summed E-state index contributed by atoms with van der Waals surface area (Å²) in [5.74, 6) is 0.752. The molecule has 19 heavy (non-hydrogen) atoms. The number of halogens is 1. The number of nitrogens with one attached hydrogen (secondary N) is 1. The zero-order valence-corrected chi connectivity index (χ0v) is 13.4. The van der Waals surface area contributed by atoms with E-state index >= 15 is 0 Å². The fourth-order valence-corrected chi connectivity index (χ4v) is 3.09. The summed E-state index contributed by atoms with van der Waals surface area (Å²) in [6.45, 7) is 3.27. The molecule has 1 aromatic carbocycles. The van der Waals surface area contributed by atoms with E-state index in [2.05, 4.69) is 52.4 Å². The lowest BCUT2D eigenvalue weighted by Gasteiger charge is -2.27. The minimum Gasteiger partial charge on any atom is -0.380 e. The number of ether oxygens (including phenoxy) is 1. The molecule has 1 aliphatic carbocycles. The topological polar surface area (TPSA) is 21.3 Å². The first kappa shape index (κ1) is 15.0. The van der Waals surface area contributed by atoms with Crippen LogP contribution < -0.4 is 5.32 Å². The van der Waals surface area contributed by atoms with Crippen LogP contribution in [-0.2, 0) is 11.2 Å². The molecule has 0 heterocycles. The van der Waals surface area contributed by atoms with Crippen molar-refractivity contribution in [3.8, 4) is 0 Å². The molecule has 0 saturated heterocycles. The van der Waals surface area contributed by atoms with E-state index in [1.165, 1.54) is 22.9 Å². The van der Waals surface area contributed by atoms with Crippen LogP contribution in [0.2, 0.25) is 0 Å². The molecule has 0 aromatic heterocycles. The molecule has 1 fully saturated rings. The predicted molar refractivity (Wildman–Crippen MR) is 83.4 cm³/mol. The standard InChI is InChI=1S/C16H24BrNO/c1-3-10-18-15(16(19-2)12-8-9-12)11-13-6-4-5-7-14(13)17/h4-7,12,15-16,18H,3,8-11H2,1-2H3. The molecular weight excluding hydrogens is 302 g/mol. The van der Waals surface area contributed by atoms with Crippen LogP contribution in [0.5, 0.6) is 0 Å². The van der Waals surface area contributed by atoms with E-state index in [9.17, 15) is 0 Å². The van der Waals surface area contributed by atoms with Crippen molar-refractivity contribution < 1.29 is 4.74 Å². The van der Waals surface area contributed by atoms with Gasteiger partial charge < -0.3 is 10.1 Å². The Kier molecular flexibility index (Phi) is 5.86. The number of hydrogen-bond donors (Lipinski definition) is 1. The minimum absolute atomic E-state index is 0.346. The van der Waals surface area contributed by atoms with Crippen LogP contribution in [0.15, 0.2) is 28.7 Å². The van der Waals surface area contributed by atoms with Gasteiger partial charge in [-0.15, -0.1) is 0 Å². The molecule has 1 saturated carbocycles. The molecule has 0 bridgehead atoms. The predicted octanol–water partition coefficient (Wildman–Crippen LogP) is 3.78. The van der Waals surface area contributed by atoms with E-state index < -0.39 is 0 Å². The summed E-state index contributed by atoms with van der Waals surface area (Å²) < 4.78 is 6.97. The van der Waals surface area contributed by atoms with Gasteiger partial charge in [-0.3, -0.25) is 0 Å². The van der Waals surface area contributed by atoms with Gasteiger partial charge in [0.05, 0.1) is 6.10 Å². The maximum Gasteiger partial charge on any atom is 0.0755 e. The van der Waals surface area contributed by atoms with Crippen molar-refractivity contribution in [1.29, 1.82) is 0 Å². The zero-order chi connectivity index (χ0) is 13.7. The molecule has 2 atom stereocenters. The van der Waals surface area contributed by atoms with Crippen molar-refractivity contribution in [3.63, 3.8) is 0 Å². The number of benzene rings is 1. The molecule has 2 rings (SSSR count). The molecule has 1 aliphatic rings. The maximum atomic E-state index is 5.77. The summed E-state index contributed by atoms with van der Waals surface area (Å²) in [5, 5.41) is 3.67. The molecule has 106 valence electrons. The highest BCUT2D eigenvalue weighted by Crippen LogP contribution is 2.36. The average Bonchev–Trinajstić information content (AvgIpc) is 3.23. The number of rotatable bonds is 8. The third kappa shape index (κ3) is 4.30. The van der Waals surface area contributed by atoms with Crippen molar-refractivity contribution in [2.24, 2.45) is 5.92 Å². The Morgan fingerprint density at radius 1 is 1.37 bits per heavy atom. The molecular formula is C16H24BrNO. The molecule has 1 aromatic rings. The summed E-state index contributed by atoms with van der Waals surface area (Å²) >= 11 is 3.65. The summed E-state index contributed by atoms with van der Waals surface area (Å²) in [5.41, 5.74) is 1.36. The lowest BCUT2D eigenvalue weighted by molar-refractivity contribution is 0.0510. The van der Waals surface area contributed by atoms with Crippen molar-refractivity contribution in [1.82, 2.24) is 5.32 Å². The highest BCUT2D eigenvalue weighted by Gasteiger charge is 2.36. The average molecular weight is 326 g/mol. The van der Waals surface area contributed by atoms with Crippen LogP contribution in [0.4, 0.5) is 0 Å². The second-order valence-electron chi connectivity index (χ2n) is 5.39. The van der Waals surface area contributed by atoms with Crippen molar-refractivity contribution >= 4 is 15.9 Å². The Hall–Kier alpha value is -0.380. The normalized spacial score (nSPS) is 18.3. The van der Waals surface area contributed by atoms with Crippen LogP contribution in [-0.4, -0.2) is 25.8 Å². The highest BCUT2D eigenvalue weighted by atomic mass is 79.9. The second kappa shape index (κ2) is 7.41. The lowest BCUT2D eigenvalue weighted by atomic mass is 9.98. The number of methoxy groups -OCH3 is 1. The van der Waals surface area contributed by atoms with Gasteiger partial charge in [-0.25, -0.2) is 0 Å². The molecule has 2 nitrogen and oxygen atoms in total. The number of hydrogen-bond acceptors (Lipinski definition) is 2. The molecule has 1 N–H and O–H groups in total. The Morgan fingerprint density at radius 2 is 2.11 bits per heavy atom. The zero-order valence-electron chi connectivity index (χ0n) is 11.9. The summed E-state index contributed by atoms with van der Waals surface area (Å²) in [4.78, 5) is 0. The van der Waals surface area contributed by atoms with Crippen LogP contribution in [0.1, 0.15) is 31.7 Å². The molecule has 0 spiro atoms. The monoisotopic (exact) mass is 325 g/mol. The first-order valence-corrected chi connectivity index (χ1v) is 8.05. The Morgan fingerprint density at radius 3 is 2.68 bits per heavy atom. The summed E-state index contributed by atoms with van der Waals surface area (Å²) in [7, 11) is 1.85. The third-order valence-electron chi connectivity index (χ3n) is 3.81. The van der Waals surface area contributed by atoms with Gasteiger partial charge in [-0.05, 0) is 49.8 Å². The maximum absolute atomic E-state index is 5.77. The Bertz CT molecular complexity index is 392. The van der Waals surface area contributed by atoms with Crippen molar-refractivity contribution in [2.75, 3.05) is 13.7 Å². The molecule has 3 heteroatoms. The van der Waals surface area contributed by atoms with Crippen LogP contribution in [0.25, 0.3) is 0 Å². The summed E-state index contributed by atoms with van der Waals surface area (Å²) in [6.07, 6.45) is 5.17. The van der Waals surface area contributed by atoms with E-state index in [0.29, 0.717) is 12.1 Å². The second-order valence-corrected chi connectivity index (χ2v) is 6.25. The Labute approximate surface area is 125 Å². The van der Waals surface area contributed by atoms with E-state index in [4.69, 9.17) is 4.74 Å². The first-order valence-electron chi connectivity index (χ1n) is 7.25. The lowest BCUT2D eigenvalue weighted by Crippen LogP contribution is -2.44. The smallest absolute Gasteiger partial charge is 0.0755 e. The first-order chi connectivity index (χ1) is 9.26. The van der Waals surface area contributed by atoms with Gasteiger partial charge in [0.2, 0.25) is 0 Å². The van der Waals surface area contributed by atoms with Crippen LogP contribution >= 0.6 is 15.9 Å². The van der Waals surface area contributed by atoms with E-state index in [-0.39, 0.29) is 0 Å². The van der Waals surface area contributed by atoms with Crippen molar-refractivity contribution in [3.05, 3.63) is 34.3 Å². The highest BCUT2D eigenvalue weighted by molar-refractivity contribution is 9.10. The van der Waals surface area contributed by atoms with Crippen LogP contribution in [0.3, 0.4) is 0 Å². The fourth-order valence-electron chi connectivity index (χ4n) is 2.65. The van der Waals surface area contributed by atoms with Crippen molar-refractivity contribution in [2.45, 2.75) is 44.8 Å². The SMILES string of the molecule is CCCNC(Cc1ccccc1Br)C(OC)C1CC1. The van der Waals surface area contributed by atoms with E-state index in [1.807, 2.05) is 7.11 Å². The van der Waals surface area contributed by atoms with E-state index in [1.54, 1.807) is 0 Å². The van der Waals surface area contributed by atoms with E-state index in [0.717, 1.165) is 25.3 Å². The van der Waals surface area contributed by atoms with Gasteiger partial charge in [0.25, 0.3) is 0 Å². The molecule has 0 amide bonds. The molecule has 0 aliphatic heterocycles. The van der Waals surface area contributed by atoms with Gasteiger partial charge in [0, 0.05) is 17.6 Å². The van der Waals surface area contributed by atoms with Gasteiger partial charge >= 0.3 is 0 Å². The summed E-state index contributed by atoms with van der Waals surface area (Å²) in [6, 6.07) is 8.90. The Balaban J connectivity index is 2.06. The van der Waals surface area contributed by atoms with Gasteiger partial charge in [-0.1, -0.05) is 41.1 Å². The largest absolute Gasteiger partial charge is 0.380 e. The third-order valence-corrected chi connectivity index (χ3v) is 4.58. The molecule has 2 unspecified atom stereocenters. The van der Waals surface area contributed by atoms with Gasteiger partial charge in [-0.2, -0.15) is 0 Å². The van der Waals surface area contributed by atoms with Crippen LogP contribution in [0, 0.1) is 5.92 Å². The fraction of sp³-hybridized carbons (Fsp3) is 0.625.